The van der Waals surface area contributed by atoms with Crippen molar-refractivity contribution in [3.8, 4) is 0 Å². The van der Waals surface area contributed by atoms with Crippen molar-refractivity contribution in [3.05, 3.63) is 35.4 Å². The van der Waals surface area contributed by atoms with Crippen LogP contribution in [0.2, 0.25) is 0 Å². The molecule has 1 aromatic rings. The standard InChI is InChI=1S/C16H24N2O3/c1-18-7-8-21-15(12-18)11-17-10-14-6-4-3-5-13(14)9-16(19)20-2/h3-6,15,17H,7-12H2,1-2H3. The van der Waals surface area contributed by atoms with Crippen LogP contribution in [0.4, 0.5) is 0 Å². The number of rotatable bonds is 6. The molecular formula is C16H24N2O3. The molecule has 0 saturated carbocycles. The second-order valence-corrected chi connectivity index (χ2v) is 5.41. The molecule has 1 unspecified atom stereocenters. The fourth-order valence-corrected chi connectivity index (χ4v) is 2.49. The summed E-state index contributed by atoms with van der Waals surface area (Å²) >= 11 is 0. The number of esters is 1. The van der Waals surface area contributed by atoms with Gasteiger partial charge < -0.3 is 19.7 Å². The quantitative estimate of drug-likeness (QED) is 0.787. The van der Waals surface area contributed by atoms with Gasteiger partial charge in [0.1, 0.15) is 0 Å². The van der Waals surface area contributed by atoms with Crippen LogP contribution >= 0.6 is 0 Å². The number of nitrogens with zero attached hydrogens (tertiary/aromatic N) is 1. The molecule has 0 spiro atoms. The largest absolute Gasteiger partial charge is 0.469 e. The van der Waals surface area contributed by atoms with Gasteiger partial charge in [0.15, 0.2) is 0 Å². The summed E-state index contributed by atoms with van der Waals surface area (Å²) in [6.07, 6.45) is 0.549. The van der Waals surface area contributed by atoms with E-state index in [1.165, 1.54) is 7.11 Å². The Morgan fingerprint density at radius 1 is 1.43 bits per heavy atom. The number of methoxy groups -OCH3 is 1. The molecule has 1 saturated heterocycles. The van der Waals surface area contributed by atoms with Gasteiger partial charge in [-0.25, -0.2) is 0 Å². The second-order valence-electron chi connectivity index (χ2n) is 5.41. The van der Waals surface area contributed by atoms with E-state index in [0.717, 1.165) is 43.9 Å². The van der Waals surface area contributed by atoms with Crippen molar-refractivity contribution in [2.75, 3.05) is 40.4 Å². The van der Waals surface area contributed by atoms with Crippen LogP contribution < -0.4 is 5.32 Å². The molecule has 0 amide bonds. The van der Waals surface area contributed by atoms with Crippen LogP contribution in [0, 0.1) is 0 Å². The highest BCUT2D eigenvalue weighted by atomic mass is 16.5. The van der Waals surface area contributed by atoms with Gasteiger partial charge in [0.05, 0.1) is 26.2 Å². The smallest absolute Gasteiger partial charge is 0.309 e. The zero-order valence-electron chi connectivity index (χ0n) is 12.8. The Labute approximate surface area is 126 Å². The summed E-state index contributed by atoms with van der Waals surface area (Å²) < 4.78 is 10.5. The number of morpholine rings is 1. The van der Waals surface area contributed by atoms with Gasteiger partial charge in [-0.05, 0) is 18.2 Å². The SMILES string of the molecule is COC(=O)Cc1ccccc1CNCC1CN(C)CCO1. The summed E-state index contributed by atoms with van der Waals surface area (Å²) in [6.45, 7) is 4.30. The number of nitrogens with one attached hydrogen (secondary N) is 1. The van der Waals surface area contributed by atoms with Crippen molar-refractivity contribution in [1.82, 2.24) is 10.2 Å². The van der Waals surface area contributed by atoms with Gasteiger partial charge in [-0.1, -0.05) is 24.3 Å². The minimum Gasteiger partial charge on any atom is -0.469 e. The van der Waals surface area contributed by atoms with Gasteiger partial charge in [-0.2, -0.15) is 0 Å². The Balaban J connectivity index is 1.83. The van der Waals surface area contributed by atoms with Crippen molar-refractivity contribution in [3.63, 3.8) is 0 Å². The predicted octanol–water partition coefficient (Wildman–Crippen LogP) is 0.822. The second kappa shape index (κ2) is 8.12. The van der Waals surface area contributed by atoms with Crippen LogP contribution in [0.3, 0.4) is 0 Å². The highest BCUT2D eigenvalue weighted by Gasteiger charge is 2.17. The maximum absolute atomic E-state index is 11.4. The molecule has 0 aromatic heterocycles. The summed E-state index contributed by atoms with van der Waals surface area (Å²) in [7, 11) is 3.53. The molecule has 1 N–H and O–H groups in total. The third kappa shape index (κ3) is 5.12. The van der Waals surface area contributed by atoms with Crippen LogP contribution in [0.5, 0.6) is 0 Å². The minimum absolute atomic E-state index is 0.209. The topological polar surface area (TPSA) is 50.8 Å². The lowest BCUT2D eigenvalue weighted by atomic mass is 10.0. The first-order chi connectivity index (χ1) is 10.2. The van der Waals surface area contributed by atoms with Gasteiger partial charge in [0, 0.05) is 26.2 Å². The summed E-state index contributed by atoms with van der Waals surface area (Å²) in [5.74, 6) is -0.209. The summed E-state index contributed by atoms with van der Waals surface area (Å²) in [5.41, 5.74) is 2.14. The van der Waals surface area contributed by atoms with E-state index in [0.29, 0.717) is 6.42 Å². The number of hydrogen-bond donors (Lipinski definition) is 1. The Bertz CT molecular complexity index is 465. The molecule has 1 heterocycles. The fourth-order valence-electron chi connectivity index (χ4n) is 2.49. The Morgan fingerprint density at radius 2 is 2.19 bits per heavy atom. The zero-order chi connectivity index (χ0) is 15.1. The Hall–Kier alpha value is -1.43. The molecule has 0 aliphatic carbocycles. The molecule has 116 valence electrons. The number of carbonyl (C=O) groups is 1. The maximum Gasteiger partial charge on any atom is 0.309 e. The third-order valence-corrected chi connectivity index (χ3v) is 3.71. The highest BCUT2D eigenvalue weighted by Crippen LogP contribution is 2.10. The first kappa shape index (κ1) is 15.9. The van der Waals surface area contributed by atoms with E-state index in [1.807, 2.05) is 24.3 Å². The normalized spacial score (nSPS) is 19.4. The molecule has 1 aliphatic rings. The molecule has 21 heavy (non-hydrogen) atoms. The average molecular weight is 292 g/mol. The van der Waals surface area contributed by atoms with E-state index < -0.39 is 0 Å². The number of likely N-dealkylation sites (N-methyl/N-ethyl adjacent to an activating group) is 1. The van der Waals surface area contributed by atoms with E-state index in [-0.39, 0.29) is 12.1 Å². The molecule has 1 atom stereocenters. The molecule has 1 aliphatic heterocycles. The average Bonchev–Trinajstić information content (AvgIpc) is 2.49. The summed E-state index contributed by atoms with van der Waals surface area (Å²) in [6, 6.07) is 7.95. The van der Waals surface area contributed by atoms with E-state index >= 15 is 0 Å². The van der Waals surface area contributed by atoms with Crippen molar-refractivity contribution >= 4 is 5.97 Å². The minimum atomic E-state index is -0.209. The maximum atomic E-state index is 11.4. The van der Waals surface area contributed by atoms with Crippen LogP contribution in [0.25, 0.3) is 0 Å². The van der Waals surface area contributed by atoms with E-state index in [1.54, 1.807) is 0 Å². The summed E-state index contributed by atoms with van der Waals surface area (Å²) in [4.78, 5) is 13.7. The van der Waals surface area contributed by atoms with Crippen molar-refractivity contribution < 1.29 is 14.3 Å². The van der Waals surface area contributed by atoms with E-state index in [9.17, 15) is 4.79 Å². The lowest BCUT2D eigenvalue weighted by Crippen LogP contribution is -2.44. The first-order valence-corrected chi connectivity index (χ1v) is 7.33. The van der Waals surface area contributed by atoms with E-state index in [2.05, 4.69) is 17.3 Å². The van der Waals surface area contributed by atoms with E-state index in [4.69, 9.17) is 9.47 Å². The third-order valence-electron chi connectivity index (χ3n) is 3.71. The summed E-state index contributed by atoms with van der Waals surface area (Å²) in [5, 5.41) is 3.42. The first-order valence-electron chi connectivity index (χ1n) is 7.33. The predicted molar refractivity (Wildman–Crippen MR) is 81.1 cm³/mol. The van der Waals surface area contributed by atoms with Gasteiger partial charge >= 0.3 is 5.97 Å². The molecule has 5 nitrogen and oxygen atoms in total. The fraction of sp³-hybridized carbons (Fsp3) is 0.562. The molecule has 0 bridgehead atoms. The monoisotopic (exact) mass is 292 g/mol. The number of carbonyl (C=O) groups excluding carboxylic acids is 1. The van der Waals surface area contributed by atoms with Crippen molar-refractivity contribution in [2.45, 2.75) is 19.1 Å². The van der Waals surface area contributed by atoms with Gasteiger partial charge in [-0.3, -0.25) is 4.79 Å². The van der Waals surface area contributed by atoms with Crippen LogP contribution in [0.1, 0.15) is 11.1 Å². The number of ether oxygens (including phenoxy) is 2. The number of benzene rings is 1. The van der Waals surface area contributed by atoms with Crippen molar-refractivity contribution in [2.24, 2.45) is 0 Å². The number of hydrogen-bond acceptors (Lipinski definition) is 5. The Kier molecular flexibility index (Phi) is 6.17. The van der Waals surface area contributed by atoms with Gasteiger partial charge in [0.2, 0.25) is 0 Å². The molecule has 2 rings (SSSR count). The highest BCUT2D eigenvalue weighted by molar-refractivity contribution is 5.72. The molecule has 1 fully saturated rings. The Morgan fingerprint density at radius 3 is 2.90 bits per heavy atom. The molecule has 1 aromatic carbocycles. The zero-order valence-corrected chi connectivity index (χ0v) is 12.8. The molecule has 5 heteroatoms. The lowest BCUT2D eigenvalue weighted by Gasteiger charge is -2.30. The van der Waals surface area contributed by atoms with Gasteiger partial charge in [0.25, 0.3) is 0 Å². The van der Waals surface area contributed by atoms with Crippen LogP contribution in [-0.4, -0.2) is 57.4 Å². The van der Waals surface area contributed by atoms with Crippen LogP contribution in [-0.2, 0) is 27.2 Å². The molecular weight excluding hydrogens is 268 g/mol. The van der Waals surface area contributed by atoms with Gasteiger partial charge in [-0.15, -0.1) is 0 Å². The van der Waals surface area contributed by atoms with Crippen molar-refractivity contribution in [1.29, 1.82) is 0 Å². The molecule has 0 radical (unpaired) electrons. The lowest BCUT2D eigenvalue weighted by molar-refractivity contribution is -0.139. The van der Waals surface area contributed by atoms with Crippen LogP contribution in [0.15, 0.2) is 24.3 Å².